The third-order valence-corrected chi connectivity index (χ3v) is 6.32. The summed E-state index contributed by atoms with van der Waals surface area (Å²) < 4.78 is 35.7. The highest BCUT2D eigenvalue weighted by molar-refractivity contribution is 9.10. The Morgan fingerprint density at radius 2 is 1.79 bits per heavy atom. The van der Waals surface area contributed by atoms with Gasteiger partial charge in [0.05, 0.1) is 14.2 Å². The van der Waals surface area contributed by atoms with Crippen LogP contribution in [-0.2, 0) is 23.0 Å². The standard InChI is InChI=1S/C12H16BrNO4S/c1-17-11-5-9-3-4-14(19(15,16)8-13)7-10(9)6-12(11)18-2/h5-6H,3-4,7-8H2,1-2H3. The van der Waals surface area contributed by atoms with Crippen molar-refractivity contribution in [3.63, 3.8) is 0 Å². The van der Waals surface area contributed by atoms with E-state index in [0.29, 0.717) is 31.0 Å². The van der Waals surface area contributed by atoms with Gasteiger partial charge in [0.15, 0.2) is 11.5 Å². The van der Waals surface area contributed by atoms with Crippen molar-refractivity contribution in [1.29, 1.82) is 0 Å². The van der Waals surface area contributed by atoms with Crippen LogP contribution in [-0.4, -0.2) is 38.1 Å². The summed E-state index contributed by atoms with van der Waals surface area (Å²) in [5.41, 5.74) is 2.08. The zero-order chi connectivity index (χ0) is 14.0. The maximum atomic E-state index is 11.9. The van der Waals surface area contributed by atoms with Crippen molar-refractivity contribution >= 4 is 26.0 Å². The van der Waals surface area contributed by atoms with E-state index in [-0.39, 0.29) is 4.66 Å². The normalized spacial score (nSPS) is 15.9. The van der Waals surface area contributed by atoms with Crippen molar-refractivity contribution in [2.75, 3.05) is 25.4 Å². The summed E-state index contributed by atoms with van der Waals surface area (Å²) in [6.45, 7) is 0.875. The molecule has 0 radical (unpaired) electrons. The minimum Gasteiger partial charge on any atom is -0.493 e. The molecule has 0 N–H and O–H groups in total. The number of alkyl halides is 1. The van der Waals surface area contributed by atoms with E-state index >= 15 is 0 Å². The van der Waals surface area contributed by atoms with Crippen molar-refractivity contribution in [3.05, 3.63) is 23.3 Å². The first-order valence-electron chi connectivity index (χ1n) is 5.79. The predicted octanol–water partition coefficient (Wildman–Crippen LogP) is 1.74. The summed E-state index contributed by atoms with van der Waals surface area (Å²) in [5, 5.41) is 0. The molecule has 1 aliphatic heterocycles. The minimum atomic E-state index is -3.22. The van der Waals surface area contributed by atoms with Crippen LogP contribution in [0.5, 0.6) is 11.5 Å². The summed E-state index contributed by atoms with van der Waals surface area (Å²) >= 11 is 3.02. The van der Waals surface area contributed by atoms with Crippen molar-refractivity contribution in [2.45, 2.75) is 13.0 Å². The second-order valence-electron chi connectivity index (χ2n) is 4.28. The molecule has 1 aromatic rings. The Kier molecular flexibility index (Phi) is 4.37. The first-order chi connectivity index (χ1) is 9.01. The fraction of sp³-hybridized carbons (Fsp3) is 0.500. The number of hydrogen-bond donors (Lipinski definition) is 0. The van der Waals surface area contributed by atoms with Crippen LogP contribution in [0.2, 0.25) is 0 Å². The van der Waals surface area contributed by atoms with Crippen molar-refractivity contribution in [3.8, 4) is 11.5 Å². The van der Waals surface area contributed by atoms with Gasteiger partial charge in [0, 0.05) is 13.1 Å². The highest BCUT2D eigenvalue weighted by Crippen LogP contribution is 2.33. The molecule has 0 saturated carbocycles. The molecule has 19 heavy (non-hydrogen) atoms. The molecule has 0 aromatic heterocycles. The van der Waals surface area contributed by atoms with Crippen LogP contribution in [0.25, 0.3) is 0 Å². The largest absolute Gasteiger partial charge is 0.493 e. The Labute approximate surface area is 121 Å². The Morgan fingerprint density at radius 3 is 2.32 bits per heavy atom. The summed E-state index contributed by atoms with van der Waals surface area (Å²) in [5.74, 6) is 1.30. The number of rotatable bonds is 4. The molecule has 2 rings (SSSR count). The van der Waals surface area contributed by atoms with Gasteiger partial charge in [0.1, 0.15) is 4.66 Å². The van der Waals surface area contributed by atoms with E-state index in [2.05, 4.69) is 15.9 Å². The molecule has 0 spiro atoms. The molecule has 5 nitrogen and oxygen atoms in total. The molecule has 1 heterocycles. The number of ether oxygens (including phenoxy) is 2. The third kappa shape index (κ3) is 2.88. The van der Waals surface area contributed by atoms with E-state index in [1.165, 1.54) is 4.31 Å². The molecule has 1 aliphatic rings. The average Bonchev–Trinajstić information content (AvgIpc) is 2.44. The van der Waals surface area contributed by atoms with E-state index < -0.39 is 10.0 Å². The minimum absolute atomic E-state index is 0.0530. The molecule has 0 bridgehead atoms. The zero-order valence-corrected chi connectivity index (χ0v) is 13.3. The molecule has 1 aromatic carbocycles. The summed E-state index contributed by atoms with van der Waals surface area (Å²) in [7, 11) is -0.0598. The number of fused-ring (bicyclic) bond motifs is 1. The van der Waals surface area contributed by atoms with Crippen LogP contribution < -0.4 is 9.47 Å². The predicted molar refractivity (Wildman–Crippen MR) is 76.4 cm³/mol. The molecule has 0 fully saturated rings. The van der Waals surface area contributed by atoms with Crippen LogP contribution in [0.3, 0.4) is 0 Å². The van der Waals surface area contributed by atoms with Crippen LogP contribution in [0, 0.1) is 0 Å². The quantitative estimate of drug-likeness (QED) is 0.777. The van der Waals surface area contributed by atoms with Crippen LogP contribution in [0.1, 0.15) is 11.1 Å². The van der Waals surface area contributed by atoms with Gasteiger partial charge in [-0.05, 0) is 29.7 Å². The van der Waals surface area contributed by atoms with Gasteiger partial charge >= 0.3 is 0 Å². The van der Waals surface area contributed by atoms with E-state index in [1.807, 2.05) is 12.1 Å². The second kappa shape index (κ2) is 5.68. The Morgan fingerprint density at radius 1 is 1.21 bits per heavy atom. The van der Waals surface area contributed by atoms with Crippen molar-refractivity contribution in [1.82, 2.24) is 4.31 Å². The topological polar surface area (TPSA) is 55.8 Å². The van der Waals surface area contributed by atoms with Crippen molar-refractivity contribution in [2.24, 2.45) is 0 Å². The number of halogens is 1. The molecular formula is C12H16BrNO4S. The van der Waals surface area contributed by atoms with E-state index in [1.54, 1.807) is 14.2 Å². The fourth-order valence-corrected chi connectivity index (χ4v) is 3.88. The lowest BCUT2D eigenvalue weighted by Crippen LogP contribution is -2.36. The molecule has 106 valence electrons. The van der Waals surface area contributed by atoms with Crippen LogP contribution >= 0.6 is 15.9 Å². The molecule has 0 atom stereocenters. The Hall–Kier alpha value is -0.790. The number of hydrogen-bond acceptors (Lipinski definition) is 4. The maximum Gasteiger partial charge on any atom is 0.224 e. The number of nitrogens with zero attached hydrogens (tertiary/aromatic N) is 1. The SMILES string of the molecule is COc1cc2c(cc1OC)CN(S(=O)(=O)CBr)CC2. The van der Waals surface area contributed by atoms with Gasteiger partial charge in [-0.3, -0.25) is 0 Å². The molecular weight excluding hydrogens is 334 g/mol. The number of methoxy groups -OCH3 is 2. The van der Waals surface area contributed by atoms with Crippen LogP contribution in [0.4, 0.5) is 0 Å². The number of benzene rings is 1. The zero-order valence-electron chi connectivity index (χ0n) is 10.8. The van der Waals surface area contributed by atoms with Gasteiger partial charge in [-0.15, -0.1) is 0 Å². The summed E-state index contributed by atoms with van der Waals surface area (Å²) in [6.07, 6.45) is 0.682. The molecule has 0 unspecified atom stereocenters. The van der Waals surface area contributed by atoms with Gasteiger partial charge in [0.2, 0.25) is 10.0 Å². The molecule has 7 heteroatoms. The molecule has 0 saturated heterocycles. The first kappa shape index (κ1) is 14.6. The lowest BCUT2D eigenvalue weighted by Gasteiger charge is -2.28. The van der Waals surface area contributed by atoms with Gasteiger partial charge in [-0.2, -0.15) is 4.31 Å². The van der Waals surface area contributed by atoms with Gasteiger partial charge in [0.25, 0.3) is 0 Å². The monoisotopic (exact) mass is 349 g/mol. The van der Waals surface area contributed by atoms with E-state index in [4.69, 9.17) is 9.47 Å². The summed E-state index contributed by atoms with van der Waals surface area (Å²) in [6, 6.07) is 3.77. The van der Waals surface area contributed by atoms with Gasteiger partial charge in [-0.1, -0.05) is 15.9 Å². The fourth-order valence-electron chi connectivity index (χ4n) is 2.16. The van der Waals surface area contributed by atoms with E-state index in [9.17, 15) is 8.42 Å². The molecule has 0 aliphatic carbocycles. The van der Waals surface area contributed by atoms with Crippen LogP contribution in [0.15, 0.2) is 12.1 Å². The third-order valence-electron chi connectivity index (χ3n) is 3.21. The van der Waals surface area contributed by atoms with E-state index in [0.717, 1.165) is 11.1 Å². The smallest absolute Gasteiger partial charge is 0.224 e. The number of sulfonamides is 1. The Balaban J connectivity index is 2.35. The second-order valence-corrected chi connectivity index (χ2v) is 7.55. The highest BCUT2D eigenvalue weighted by Gasteiger charge is 2.26. The van der Waals surface area contributed by atoms with Gasteiger partial charge < -0.3 is 9.47 Å². The highest BCUT2D eigenvalue weighted by atomic mass is 79.9. The Bertz CT molecular complexity index is 573. The van der Waals surface area contributed by atoms with Gasteiger partial charge in [-0.25, -0.2) is 8.42 Å². The van der Waals surface area contributed by atoms with Crippen molar-refractivity contribution < 1.29 is 17.9 Å². The first-order valence-corrected chi connectivity index (χ1v) is 8.52. The lowest BCUT2D eigenvalue weighted by molar-refractivity contribution is 0.349. The maximum absolute atomic E-state index is 11.9. The summed E-state index contributed by atoms with van der Waals surface area (Å²) in [4.78, 5) is 0. The molecule has 0 amide bonds. The average molecular weight is 350 g/mol. The lowest BCUT2D eigenvalue weighted by atomic mass is 10.0.